The van der Waals surface area contributed by atoms with E-state index in [4.69, 9.17) is 0 Å². The summed E-state index contributed by atoms with van der Waals surface area (Å²) in [5.41, 5.74) is 2.11. The molecule has 17 heavy (non-hydrogen) atoms. The number of hydrogen-bond acceptors (Lipinski definition) is 0. The SMILES string of the molecule is Cc1ccc(C[N+]2(C)CCC2C(F)(F)F)cc1. The molecule has 94 valence electrons. The molecular weight excluding hydrogens is 227 g/mol. The van der Waals surface area contributed by atoms with Gasteiger partial charge in [-0.1, -0.05) is 29.8 Å². The first kappa shape index (κ1) is 12.4. The van der Waals surface area contributed by atoms with E-state index in [-0.39, 0.29) is 10.9 Å². The first-order chi connectivity index (χ1) is 7.81. The summed E-state index contributed by atoms with van der Waals surface area (Å²) in [6.45, 7) is 3.05. The normalized spacial score (nSPS) is 28.9. The van der Waals surface area contributed by atoms with Gasteiger partial charge in [0.2, 0.25) is 0 Å². The van der Waals surface area contributed by atoms with Gasteiger partial charge in [-0.15, -0.1) is 0 Å². The summed E-state index contributed by atoms with van der Waals surface area (Å²) in [6.07, 6.45) is -3.82. The van der Waals surface area contributed by atoms with E-state index in [1.165, 1.54) is 0 Å². The summed E-state index contributed by atoms with van der Waals surface area (Å²) >= 11 is 0. The highest BCUT2D eigenvalue weighted by molar-refractivity contribution is 5.20. The third-order valence-corrected chi connectivity index (χ3v) is 3.71. The number of nitrogens with zero attached hydrogens (tertiary/aromatic N) is 1. The van der Waals surface area contributed by atoms with E-state index in [1.54, 1.807) is 7.05 Å². The van der Waals surface area contributed by atoms with Crippen LogP contribution in [-0.2, 0) is 6.54 Å². The summed E-state index contributed by atoms with van der Waals surface area (Å²) in [6, 6.07) is 6.55. The molecule has 2 rings (SSSR count). The lowest BCUT2D eigenvalue weighted by Gasteiger charge is -2.50. The average molecular weight is 244 g/mol. The molecule has 0 saturated carbocycles. The first-order valence-electron chi connectivity index (χ1n) is 5.78. The van der Waals surface area contributed by atoms with Gasteiger partial charge in [-0.25, -0.2) is 0 Å². The number of rotatable bonds is 2. The summed E-state index contributed by atoms with van der Waals surface area (Å²) in [5.74, 6) is 0. The molecule has 2 atom stereocenters. The van der Waals surface area contributed by atoms with Crippen molar-refractivity contribution in [1.29, 1.82) is 0 Å². The molecule has 0 aromatic heterocycles. The zero-order chi connectivity index (χ0) is 12.7. The number of likely N-dealkylation sites (tertiary alicyclic amines) is 1. The van der Waals surface area contributed by atoms with Crippen LogP contribution < -0.4 is 0 Å². The van der Waals surface area contributed by atoms with Crippen LogP contribution in [-0.4, -0.2) is 30.3 Å². The molecule has 1 aromatic rings. The zero-order valence-electron chi connectivity index (χ0n) is 10.1. The largest absolute Gasteiger partial charge is 0.441 e. The van der Waals surface area contributed by atoms with Crippen molar-refractivity contribution in [2.45, 2.75) is 32.1 Å². The van der Waals surface area contributed by atoms with Gasteiger partial charge in [0, 0.05) is 5.56 Å². The lowest BCUT2D eigenvalue weighted by molar-refractivity contribution is -0.995. The smallest absolute Gasteiger partial charge is 0.312 e. The maximum Gasteiger partial charge on any atom is 0.441 e. The number of benzene rings is 1. The van der Waals surface area contributed by atoms with Crippen molar-refractivity contribution in [1.82, 2.24) is 0 Å². The van der Waals surface area contributed by atoms with Gasteiger partial charge in [0.15, 0.2) is 6.04 Å². The molecule has 0 amide bonds. The highest BCUT2D eigenvalue weighted by Crippen LogP contribution is 2.39. The fraction of sp³-hybridized carbons (Fsp3) is 0.538. The molecule has 1 fully saturated rings. The first-order valence-corrected chi connectivity index (χ1v) is 5.78. The van der Waals surface area contributed by atoms with Crippen molar-refractivity contribution in [3.8, 4) is 0 Å². The predicted molar refractivity (Wildman–Crippen MR) is 60.4 cm³/mol. The van der Waals surface area contributed by atoms with Gasteiger partial charge in [-0.3, -0.25) is 0 Å². The summed E-state index contributed by atoms with van der Waals surface area (Å²) in [7, 11) is 1.70. The highest BCUT2D eigenvalue weighted by Gasteiger charge is 2.58. The van der Waals surface area contributed by atoms with Crippen molar-refractivity contribution < 1.29 is 17.7 Å². The van der Waals surface area contributed by atoms with E-state index in [0.29, 0.717) is 13.1 Å². The fourth-order valence-corrected chi connectivity index (χ4v) is 2.52. The van der Waals surface area contributed by atoms with Crippen molar-refractivity contribution in [2.24, 2.45) is 0 Å². The Morgan fingerprint density at radius 2 is 1.82 bits per heavy atom. The van der Waals surface area contributed by atoms with Gasteiger partial charge < -0.3 is 4.48 Å². The Morgan fingerprint density at radius 1 is 1.24 bits per heavy atom. The number of aryl methyl sites for hydroxylation is 1. The number of alkyl halides is 3. The maximum atomic E-state index is 12.7. The van der Waals surface area contributed by atoms with Gasteiger partial charge in [0.05, 0.1) is 20.0 Å². The number of quaternary nitrogens is 1. The van der Waals surface area contributed by atoms with E-state index in [2.05, 4.69) is 0 Å². The van der Waals surface area contributed by atoms with Crippen LogP contribution in [0.4, 0.5) is 13.2 Å². The van der Waals surface area contributed by atoms with Crippen LogP contribution in [0.2, 0.25) is 0 Å². The second kappa shape index (κ2) is 4.02. The highest BCUT2D eigenvalue weighted by atomic mass is 19.4. The fourth-order valence-electron chi connectivity index (χ4n) is 2.52. The molecule has 1 nitrogen and oxygen atoms in total. The van der Waals surface area contributed by atoms with Crippen molar-refractivity contribution in [2.75, 3.05) is 13.6 Å². The lowest BCUT2D eigenvalue weighted by Crippen LogP contribution is -2.67. The minimum Gasteiger partial charge on any atom is -0.312 e. The zero-order valence-corrected chi connectivity index (χ0v) is 10.1. The minimum absolute atomic E-state index is 0.0898. The molecule has 1 aliphatic rings. The number of hydrogen-bond donors (Lipinski definition) is 0. The Kier molecular flexibility index (Phi) is 2.94. The third-order valence-electron chi connectivity index (χ3n) is 3.71. The Balaban J connectivity index is 2.10. The predicted octanol–water partition coefficient (Wildman–Crippen LogP) is 3.28. The van der Waals surface area contributed by atoms with Crippen molar-refractivity contribution in [3.05, 3.63) is 35.4 Å². The van der Waals surface area contributed by atoms with Gasteiger partial charge in [-0.05, 0) is 6.92 Å². The Bertz CT molecular complexity index is 396. The molecule has 4 heteroatoms. The number of halogens is 3. The molecule has 1 heterocycles. The molecule has 0 spiro atoms. The topological polar surface area (TPSA) is 0 Å². The Hall–Kier alpha value is -1.03. The molecular formula is C13H17F3N+. The summed E-state index contributed by atoms with van der Waals surface area (Å²) in [5, 5.41) is 0. The third kappa shape index (κ3) is 2.46. The quantitative estimate of drug-likeness (QED) is 0.700. The van der Waals surface area contributed by atoms with E-state index in [1.807, 2.05) is 31.2 Å². The average Bonchev–Trinajstić information content (AvgIpc) is 2.17. The van der Waals surface area contributed by atoms with Gasteiger partial charge in [0.1, 0.15) is 6.54 Å². The van der Waals surface area contributed by atoms with Gasteiger partial charge in [0.25, 0.3) is 0 Å². The van der Waals surface area contributed by atoms with Crippen LogP contribution in [0.5, 0.6) is 0 Å². The van der Waals surface area contributed by atoms with Gasteiger partial charge in [-0.2, -0.15) is 13.2 Å². The van der Waals surface area contributed by atoms with Crippen LogP contribution >= 0.6 is 0 Å². The van der Waals surface area contributed by atoms with Crippen LogP contribution in [0, 0.1) is 6.92 Å². The second-order valence-corrected chi connectivity index (χ2v) is 5.19. The standard InChI is InChI=1S/C13H17F3N/c1-10-3-5-11(6-4-10)9-17(2)8-7-12(17)13(14,15)16/h3-6,12H,7-9H2,1-2H3/q+1. The monoisotopic (exact) mass is 244 g/mol. The molecule has 1 aromatic carbocycles. The second-order valence-electron chi connectivity index (χ2n) is 5.19. The summed E-state index contributed by atoms with van der Waals surface area (Å²) < 4.78 is 38.3. The van der Waals surface area contributed by atoms with E-state index < -0.39 is 12.2 Å². The van der Waals surface area contributed by atoms with Crippen LogP contribution in [0.15, 0.2) is 24.3 Å². The van der Waals surface area contributed by atoms with E-state index in [0.717, 1.165) is 11.1 Å². The molecule has 2 unspecified atom stereocenters. The molecule has 0 aliphatic carbocycles. The lowest BCUT2D eigenvalue weighted by atomic mass is 9.96. The molecule has 1 saturated heterocycles. The molecule has 0 bridgehead atoms. The van der Waals surface area contributed by atoms with Crippen molar-refractivity contribution in [3.63, 3.8) is 0 Å². The van der Waals surface area contributed by atoms with Crippen LogP contribution in [0.1, 0.15) is 17.5 Å². The Labute approximate surface area is 99.4 Å². The van der Waals surface area contributed by atoms with Gasteiger partial charge >= 0.3 is 6.18 Å². The molecule has 0 N–H and O–H groups in total. The van der Waals surface area contributed by atoms with Crippen LogP contribution in [0.25, 0.3) is 0 Å². The minimum atomic E-state index is -4.07. The van der Waals surface area contributed by atoms with E-state index in [9.17, 15) is 13.2 Å². The summed E-state index contributed by atoms with van der Waals surface area (Å²) in [4.78, 5) is 0. The van der Waals surface area contributed by atoms with Crippen molar-refractivity contribution >= 4 is 0 Å². The van der Waals surface area contributed by atoms with E-state index >= 15 is 0 Å². The van der Waals surface area contributed by atoms with Crippen LogP contribution in [0.3, 0.4) is 0 Å². The molecule has 1 aliphatic heterocycles. The molecule has 0 radical (unpaired) electrons. The maximum absolute atomic E-state index is 12.7. The Morgan fingerprint density at radius 3 is 2.24 bits per heavy atom.